The predicted octanol–water partition coefficient (Wildman–Crippen LogP) is 3.61. The van der Waals surface area contributed by atoms with Crippen molar-refractivity contribution in [3.8, 4) is 0 Å². The SMILES string of the molecule is C=C(CNCC1CCCO1)C(=O)c1ccc(Br)cc1Cl. The summed E-state index contributed by atoms with van der Waals surface area (Å²) in [5.74, 6) is -0.123. The van der Waals surface area contributed by atoms with Crippen LogP contribution in [0.15, 0.2) is 34.8 Å². The van der Waals surface area contributed by atoms with Crippen LogP contribution in [0.25, 0.3) is 0 Å². The molecule has 0 radical (unpaired) electrons. The molecule has 0 aromatic heterocycles. The van der Waals surface area contributed by atoms with Gasteiger partial charge in [0.1, 0.15) is 0 Å². The first-order valence-electron chi connectivity index (χ1n) is 6.58. The van der Waals surface area contributed by atoms with Crippen molar-refractivity contribution in [1.29, 1.82) is 0 Å². The summed E-state index contributed by atoms with van der Waals surface area (Å²) in [5.41, 5.74) is 0.992. The highest BCUT2D eigenvalue weighted by atomic mass is 79.9. The van der Waals surface area contributed by atoms with Gasteiger partial charge in [-0.25, -0.2) is 0 Å². The van der Waals surface area contributed by atoms with Crippen LogP contribution in [0, 0.1) is 0 Å². The minimum absolute atomic E-state index is 0.123. The summed E-state index contributed by atoms with van der Waals surface area (Å²) in [5, 5.41) is 3.65. The molecule has 108 valence electrons. The summed E-state index contributed by atoms with van der Waals surface area (Å²) >= 11 is 9.39. The number of Topliss-reactive ketones (excluding diaryl/α,β-unsaturated/α-hetero) is 1. The Labute approximate surface area is 132 Å². The van der Waals surface area contributed by atoms with Crippen LogP contribution in [0.4, 0.5) is 0 Å². The lowest BCUT2D eigenvalue weighted by Crippen LogP contribution is -2.29. The standard InChI is InChI=1S/C15H17BrClNO2/c1-10(8-18-9-12-3-2-6-20-12)15(19)13-5-4-11(16)7-14(13)17/h4-5,7,12,18H,1-3,6,8-9H2. The summed E-state index contributed by atoms with van der Waals surface area (Å²) < 4.78 is 6.36. The van der Waals surface area contributed by atoms with Gasteiger partial charge >= 0.3 is 0 Å². The van der Waals surface area contributed by atoms with Crippen molar-refractivity contribution in [3.63, 3.8) is 0 Å². The zero-order valence-electron chi connectivity index (χ0n) is 11.1. The molecule has 3 nitrogen and oxygen atoms in total. The van der Waals surface area contributed by atoms with Crippen molar-refractivity contribution in [1.82, 2.24) is 5.32 Å². The largest absolute Gasteiger partial charge is 0.377 e. The molecule has 1 aromatic carbocycles. The third-order valence-electron chi connectivity index (χ3n) is 3.23. The normalized spacial score (nSPS) is 18.2. The number of hydrogen-bond acceptors (Lipinski definition) is 3. The van der Waals surface area contributed by atoms with Crippen LogP contribution in [0.2, 0.25) is 5.02 Å². The lowest BCUT2D eigenvalue weighted by Gasteiger charge is -2.12. The van der Waals surface area contributed by atoms with Crippen molar-refractivity contribution < 1.29 is 9.53 Å². The highest BCUT2D eigenvalue weighted by Crippen LogP contribution is 2.23. The first-order valence-corrected chi connectivity index (χ1v) is 7.75. The van der Waals surface area contributed by atoms with E-state index >= 15 is 0 Å². The molecule has 1 saturated heterocycles. The van der Waals surface area contributed by atoms with Crippen LogP contribution < -0.4 is 5.32 Å². The molecule has 1 heterocycles. The van der Waals surface area contributed by atoms with Crippen LogP contribution in [-0.4, -0.2) is 31.6 Å². The van der Waals surface area contributed by atoms with E-state index in [1.165, 1.54) is 0 Å². The van der Waals surface area contributed by atoms with E-state index in [2.05, 4.69) is 27.8 Å². The summed E-state index contributed by atoms with van der Waals surface area (Å²) in [6.07, 6.45) is 2.45. The molecular formula is C15H17BrClNO2. The molecule has 0 bridgehead atoms. The van der Waals surface area contributed by atoms with E-state index in [9.17, 15) is 4.79 Å². The number of nitrogens with one attached hydrogen (secondary N) is 1. The molecule has 2 rings (SSSR count). The van der Waals surface area contributed by atoms with Gasteiger partial charge in [0.05, 0.1) is 11.1 Å². The molecule has 1 fully saturated rings. The Bertz CT molecular complexity index is 513. The van der Waals surface area contributed by atoms with Gasteiger partial charge in [0.2, 0.25) is 0 Å². The van der Waals surface area contributed by atoms with Gasteiger partial charge in [0.15, 0.2) is 5.78 Å². The summed E-state index contributed by atoms with van der Waals surface area (Å²) in [7, 11) is 0. The Morgan fingerprint density at radius 1 is 1.55 bits per heavy atom. The highest BCUT2D eigenvalue weighted by molar-refractivity contribution is 9.10. The van der Waals surface area contributed by atoms with Crippen molar-refractivity contribution in [2.24, 2.45) is 0 Å². The van der Waals surface area contributed by atoms with Gasteiger partial charge in [0, 0.05) is 35.3 Å². The summed E-state index contributed by atoms with van der Waals surface area (Å²) in [6.45, 7) is 5.87. The Morgan fingerprint density at radius 3 is 3.00 bits per heavy atom. The van der Waals surface area contributed by atoms with Gasteiger partial charge in [-0.15, -0.1) is 0 Å². The van der Waals surface area contributed by atoms with Crippen molar-refractivity contribution in [2.45, 2.75) is 18.9 Å². The number of ether oxygens (including phenoxy) is 1. The number of carbonyl (C=O) groups is 1. The van der Waals surface area contributed by atoms with E-state index < -0.39 is 0 Å². The van der Waals surface area contributed by atoms with Crippen LogP contribution in [-0.2, 0) is 4.74 Å². The van der Waals surface area contributed by atoms with E-state index in [4.69, 9.17) is 16.3 Å². The van der Waals surface area contributed by atoms with Gasteiger partial charge in [0.25, 0.3) is 0 Å². The minimum atomic E-state index is -0.123. The lowest BCUT2D eigenvalue weighted by molar-refractivity contribution is 0.102. The third-order valence-corrected chi connectivity index (χ3v) is 4.04. The van der Waals surface area contributed by atoms with E-state index in [1.807, 2.05) is 0 Å². The maximum Gasteiger partial charge on any atom is 0.191 e. The van der Waals surface area contributed by atoms with Crippen molar-refractivity contribution in [3.05, 3.63) is 45.4 Å². The molecular weight excluding hydrogens is 342 g/mol. The van der Waals surface area contributed by atoms with E-state index in [-0.39, 0.29) is 11.9 Å². The molecule has 0 saturated carbocycles. The Hall–Kier alpha value is -0.680. The minimum Gasteiger partial charge on any atom is -0.377 e. The van der Waals surface area contributed by atoms with Crippen LogP contribution in [0.3, 0.4) is 0 Å². The van der Waals surface area contributed by atoms with Gasteiger partial charge in [-0.2, -0.15) is 0 Å². The fraction of sp³-hybridized carbons (Fsp3) is 0.400. The van der Waals surface area contributed by atoms with E-state index in [0.717, 1.165) is 30.5 Å². The first-order chi connectivity index (χ1) is 9.58. The van der Waals surface area contributed by atoms with E-state index in [0.29, 0.717) is 22.7 Å². The lowest BCUT2D eigenvalue weighted by atomic mass is 10.0. The van der Waals surface area contributed by atoms with Gasteiger partial charge in [-0.3, -0.25) is 4.79 Å². The maximum absolute atomic E-state index is 12.2. The van der Waals surface area contributed by atoms with Crippen LogP contribution >= 0.6 is 27.5 Å². The molecule has 20 heavy (non-hydrogen) atoms. The Morgan fingerprint density at radius 2 is 2.35 bits per heavy atom. The molecule has 1 aromatic rings. The quantitative estimate of drug-likeness (QED) is 0.623. The summed E-state index contributed by atoms with van der Waals surface area (Å²) in [6, 6.07) is 5.22. The van der Waals surface area contributed by atoms with Gasteiger partial charge in [-0.1, -0.05) is 34.1 Å². The van der Waals surface area contributed by atoms with Crippen molar-refractivity contribution in [2.75, 3.05) is 19.7 Å². The molecule has 1 N–H and O–H groups in total. The smallest absolute Gasteiger partial charge is 0.191 e. The molecule has 5 heteroatoms. The number of hydrogen-bond donors (Lipinski definition) is 1. The predicted molar refractivity (Wildman–Crippen MR) is 84.5 cm³/mol. The number of halogens is 2. The van der Waals surface area contributed by atoms with Gasteiger partial charge in [-0.05, 0) is 31.0 Å². The topological polar surface area (TPSA) is 38.3 Å². The monoisotopic (exact) mass is 357 g/mol. The fourth-order valence-corrected chi connectivity index (χ4v) is 2.89. The molecule has 1 unspecified atom stereocenters. The Balaban J connectivity index is 1.86. The average Bonchev–Trinajstić information content (AvgIpc) is 2.91. The zero-order valence-corrected chi connectivity index (χ0v) is 13.5. The highest BCUT2D eigenvalue weighted by Gasteiger charge is 2.17. The molecule has 1 atom stereocenters. The molecule has 1 aliphatic rings. The number of rotatable bonds is 6. The maximum atomic E-state index is 12.2. The average molecular weight is 359 g/mol. The number of benzene rings is 1. The van der Waals surface area contributed by atoms with E-state index in [1.54, 1.807) is 18.2 Å². The second-order valence-electron chi connectivity index (χ2n) is 4.82. The zero-order chi connectivity index (χ0) is 14.5. The third kappa shape index (κ3) is 4.16. The van der Waals surface area contributed by atoms with Crippen LogP contribution in [0.1, 0.15) is 23.2 Å². The molecule has 0 amide bonds. The second kappa shape index (κ2) is 7.36. The molecule has 0 spiro atoms. The Kier molecular flexibility index (Phi) is 5.78. The molecule has 0 aliphatic carbocycles. The summed E-state index contributed by atoms with van der Waals surface area (Å²) in [4.78, 5) is 12.2. The number of ketones is 1. The molecule has 1 aliphatic heterocycles. The first kappa shape index (κ1) is 15.7. The van der Waals surface area contributed by atoms with Gasteiger partial charge < -0.3 is 10.1 Å². The second-order valence-corrected chi connectivity index (χ2v) is 6.15. The fourth-order valence-electron chi connectivity index (χ4n) is 2.13. The van der Waals surface area contributed by atoms with Crippen molar-refractivity contribution >= 4 is 33.3 Å². The number of carbonyl (C=O) groups excluding carboxylic acids is 1. The van der Waals surface area contributed by atoms with Crippen LogP contribution in [0.5, 0.6) is 0 Å².